The molecule has 7 rings (SSSR count). The van der Waals surface area contributed by atoms with Gasteiger partial charge in [0.1, 0.15) is 0 Å². The van der Waals surface area contributed by atoms with Gasteiger partial charge >= 0.3 is 0 Å². The van der Waals surface area contributed by atoms with Crippen molar-refractivity contribution >= 4 is 23.2 Å². The summed E-state index contributed by atoms with van der Waals surface area (Å²) in [6.07, 6.45) is 0. The maximum Gasteiger partial charge on any atom is 0.269 e. The number of carbonyl (C=O) groups excluding carboxylic acids is 2. The van der Waals surface area contributed by atoms with Crippen LogP contribution in [0.25, 0.3) is 0 Å². The van der Waals surface area contributed by atoms with Crippen LogP contribution in [-0.4, -0.2) is 16.7 Å². The number of nitro benzene ring substituents is 1. The van der Waals surface area contributed by atoms with Gasteiger partial charge in [0.2, 0.25) is 5.91 Å². The Kier molecular flexibility index (Phi) is 3.59. The van der Waals surface area contributed by atoms with Gasteiger partial charge in [0.25, 0.3) is 11.6 Å². The van der Waals surface area contributed by atoms with E-state index < -0.39 is 16.8 Å². The lowest BCUT2D eigenvalue weighted by atomic mass is 9.53. The number of carbonyl (C=O) groups is 2. The molecule has 0 saturated carbocycles. The maximum atomic E-state index is 13.7. The Morgan fingerprint density at radius 1 is 0.742 bits per heavy atom. The van der Waals surface area contributed by atoms with Gasteiger partial charge in [0.15, 0.2) is 0 Å². The van der Waals surface area contributed by atoms with E-state index in [0.29, 0.717) is 5.69 Å². The molecule has 1 fully saturated rings. The van der Waals surface area contributed by atoms with E-state index in [-0.39, 0.29) is 29.3 Å². The Labute approximate surface area is 177 Å². The maximum absolute atomic E-state index is 13.7. The minimum Gasteiger partial charge on any atom is -0.273 e. The average molecular weight is 411 g/mol. The first-order valence-corrected chi connectivity index (χ1v) is 10.1. The molecule has 3 aromatic carbocycles. The van der Waals surface area contributed by atoms with Crippen molar-refractivity contribution in [3.63, 3.8) is 0 Å². The second-order valence-corrected chi connectivity index (χ2v) is 8.19. The van der Waals surface area contributed by atoms with Crippen LogP contribution in [0.3, 0.4) is 0 Å². The topological polar surface area (TPSA) is 92.6 Å². The summed E-state index contributed by atoms with van der Waals surface area (Å²) in [5, 5.41) is 12.2. The van der Waals surface area contributed by atoms with Gasteiger partial charge in [-0.1, -0.05) is 48.5 Å². The molecule has 1 N–H and O–H groups in total. The van der Waals surface area contributed by atoms with Crippen LogP contribution >= 0.6 is 0 Å². The van der Waals surface area contributed by atoms with Crippen molar-refractivity contribution in [3.05, 3.63) is 105 Å². The van der Waals surface area contributed by atoms with E-state index in [0.717, 1.165) is 22.3 Å². The van der Waals surface area contributed by atoms with Crippen molar-refractivity contribution in [2.24, 2.45) is 11.8 Å². The smallest absolute Gasteiger partial charge is 0.269 e. The molecule has 152 valence electrons. The van der Waals surface area contributed by atoms with E-state index in [4.69, 9.17) is 0 Å². The molecule has 2 bridgehead atoms. The van der Waals surface area contributed by atoms with Crippen LogP contribution in [-0.2, 0) is 9.59 Å². The van der Waals surface area contributed by atoms with Gasteiger partial charge in [0.05, 0.1) is 22.4 Å². The minimum absolute atomic E-state index is 0.0722. The second kappa shape index (κ2) is 6.25. The van der Waals surface area contributed by atoms with Gasteiger partial charge in [-0.2, -0.15) is 0 Å². The number of nitro groups is 1. The van der Waals surface area contributed by atoms with Crippen molar-refractivity contribution in [3.8, 4) is 0 Å². The van der Waals surface area contributed by atoms with Gasteiger partial charge in [-0.25, -0.2) is 5.01 Å². The van der Waals surface area contributed by atoms with Crippen molar-refractivity contribution in [1.29, 1.82) is 0 Å². The van der Waals surface area contributed by atoms with E-state index in [2.05, 4.69) is 29.7 Å². The molecule has 2 atom stereocenters. The SMILES string of the molecule is O=C1NN(c2ccc([N+](=O)[O-])cc2)C(=O)[C@H]2C3c4ccccc4C(c4ccccc43)[C@H]12. The molecule has 0 radical (unpaired) electrons. The molecule has 1 heterocycles. The van der Waals surface area contributed by atoms with Crippen molar-refractivity contribution in [1.82, 2.24) is 5.43 Å². The first kappa shape index (κ1) is 17.8. The van der Waals surface area contributed by atoms with Crippen LogP contribution in [0.5, 0.6) is 0 Å². The zero-order valence-corrected chi connectivity index (χ0v) is 16.3. The van der Waals surface area contributed by atoms with E-state index in [9.17, 15) is 19.7 Å². The van der Waals surface area contributed by atoms with Gasteiger partial charge in [-0.3, -0.25) is 25.1 Å². The molecular formula is C24H17N3O4. The summed E-state index contributed by atoms with van der Waals surface area (Å²) in [6.45, 7) is 0. The highest BCUT2D eigenvalue weighted by Crippen LogP contribution is 2.59. The Hall–Kier alpha value is -4.00. The number of rotatable bonds is 2. The molecule has 1 saturated heterocycles. The predicted molar refractivity (Wildman–Crippen MR) is 112 cm³/mol. The monoisotopic (exact) mass is 411 g/mol. The summed E-state index contributed by atoms with van der Waals surface area (Å²) >= 11 is 0. The number of nitrogens with zero attached hydrogens (tertiary/aromatic N) is 2. The first-order valence-electron chi connectivity index (χ1n) is 10.1. The molecule has 7 heteroatoms. The molecule has 2 amide bonds. The summed E-state index contributed by atoms with van der Waals surface area (Å²) in [5.41, 5.74) is 7.50. The Bertz CT molecular complexity index is 1220. The van der Waals surface area contributed by atoms with Crippen molar-refractivity contribution in [2.75, 3.05) is 5.01 Å². The molecule has 0 spiro atoms. The van der Waals surface area contributed by atoms with E-state index in [1.54, 1.807) is 0 Å². The molecule has 31 heavy (non-hydrogen) atoms. The summed E-state index contributed by atoms with van der Waals surface area (Å²) in [4.78, 5) is 37.5. The summed E-state index contributed by atoms with van der Waals surface area (Å²) in [5.74, 6) is -1.80. The third kappa shape index (κ3) is 2.34. The fourth-order valence-corrected chi connectivity index (χ4v) is 5.59. The highest BCUT2D eigenvalue weighted by atomic mass is 16.6. The number of nitrogens with one attached hydrogen (secondary N) is 1. The number of hydrogen-bond donors (Lipinski definition) is 1. The first-order chi connectivity index (χ1) is 15.1. The fourth-order valence-electron chi connectivity index (χ4n) is 5.59. The minimum atomic E-state index is -0.529. The van der Waals surface area contributed by atoms with Gasteiger partial charge in [-0.15, -0.1) is 0 Å². The van der Waals surface area contributed by atoms with E-state index in [1.165, 1.54) is 29.3 Å². The number of benzene rings is 3. The largest absolute Gasteiger partial charge is 0.273 e. The number of hydrazine groups is 1. The molecule has 0 unspecified atom stereocenters. The Morgan fingerprint density at radius 2 is 1.23 bits per heavy atom. The van der Waals surface area contributed by atoms with Crippen LogP contribution in [0.15, 0.2) is 72.8 Å². The van der Waals surface area contributed by atoms with Crippen molar-refractivity contribution < 1.29 is 14.5 Å². The van der Waals surface area contributed by atoms with Crippen LogP contribution in [0.2, 0.25) is 0 Å². The van der Waals surface area contributed by atoms with Crippen LogP contribution in [0, 0.1) is 22.0 Å². The molecule has 3 aliphatic carbocycles. The molecule has 3 aromatic rings. The highest BCUT2D eigenvalue weighted by Gasteiger charge is 2.58. The predicted octanol–water partition coefficient (Wildman–Crippen LogP) is 3.50. The highest BCUT2D eigenvalue weighted by molar-refractivity contribution is 6.06. The van der Waals surface area contributed by atoms with Crippen LogP contribution in [0.4, 0.5) is 11.4 Å². The zero-order valence-electron chi connectivity index (χ0n) is 16.3. The van der Waals surface area contributed by atoms with Crippen molar-refractivity contribution in [2.45, 2.75) is 11.8 Å². The molecule has 1 aliphatic heterocycles. The van der Waals surface area contributed by atoms with Gasteiger partial charge < -0.3 is 0 Å². The zero-order chi connectivity index (χ0) is 21.3. The number of non-ortho nitro benzene ring substituents is 1. The molecule has 7 nitrogen and oxygen atoms in total. The normalized spacial score (nSPS) is 25.4. The molecule has 0 aromatic heterocycles. The van der Waals surface area contributed by atoms with Gasteiger partial charge in [0, 0.05) is 24.0 Å². The summed E-state index contributed by atoms with van der Waals surface area (Å²) < 4.78 is 0. The average Bonchev–Trinajstić information content (AvgIpc) is 2.81. The Balaban J connectivity index is 1.49. The van der Waals surface area contributed by atoms with E-state index >= 15 is 0 Å². The molecule has 4 aliphatic rings. The van der Waals surface area contributed by atoms with E-state index in [1.807, 2.05) is 24.3 Å². The van der Waals surface area contributed by atoms with Crippen LogP contribution < -0.4 is 10.4 Å². The quantitative estimate of drug-likeness (QED) is 0.516. The Morgan fingerprint density at radius 3 is 1.71 bits per heavy atom. The second-order valence-electron chi connectivity index (χ2n) is 8.19. The third-order valence-electron chi connectivity index (χ3n) is 6.79. The molecular weight excluding hydrogens is 394 g/mol. The van der Waals surface area contributed by atoms with Gasteiger partial charge in [-0.05, 0) is 34.4 Å². The number of hydrogen-bond acceptors (Lipinski definition) is 4. The lowest BCUT2D eigenvalue weighted by Crippen LogP contribution is -2.64. The van der Waals surface area contributed by atoms with Crippen LogP contribution in [0.1, 0.15) is 34.1 Å². The third-order valence-corrected chi connectivity index (χ3v) is 6.79. The summed E-state index contributed by atoms with van der Waals surface area (Å²) in [7, 11) is 0. The lowest BCUT2D eigenvalue weighted by Gasteiger charge is -2.52. The standard InChI is InChI=1S/C24H17N3O4/c28-23-21-19-15-5-1-3-7-17(15)20(18-8-4-2-6-16(18)19)22(21)24(29)26(25-23)13-9-11-14(12-10-13)27(30)31/h1-12,19-22H,(H,25,28)/t19?,20?,21-,22-/m0/s1. The number of amides is 2. The summed E-state index contributed by atoms with van der Waals surface area (Å²) in [6, 6.07) is 21.7. The number of anilines is 1. The fraction of sp³-hybridized carbons (Fsp3) is 0.167. The lowest BCUT2D eigenvalue weighted by molar-refractivity contribution is -0.384.